The van der Waals surface area contributed by atoms with Gasteiger partial charge in [0.05, 0.1) is 40.1 Å². The number of esters is 3. The number of hydrogen-bond acceptors (Lipinski definition) is 7. The summed E-state index contributed by atoms with van der Waals surface area (Å²) < 4.78 is 18.0. The van der Waals surface area contributed by atoms with Gasteiger partial charge in [-0.15, -0.1) is 0 Å². The van der Waals surface area contributed by atoms with Gasteiger partial charge in [-0.3, -0.25) is 14.4 Å². The summed E-state index contributed by atoms with van der Waals surface area (Å²) in [6, 6.07) is 2.91. The topological polar surface area (TPSA) is 96.7 Å². The fraction of sp³-hybridized carbons (Fsp3) is 0.474. The van der Waals surface area contributed by atoms with Crippen LogP contribution < -0.4 is 0 Å². The predicted octanol–water partition coefficient (Wildman–Crippen LogP) is 3.33. The smallest absolute Gasteiger partial charge is 0.303 e. The zero-order valence-corrected chi connectivity index (χ0v) is 17.6. The molecule has 0 amide bonds. The Bertz CT molecular complexity index is 960. The molecule has 1 aromatic heterocycles. The number of nitrogens with zero attached hydrogens (tertiary/aromatic N) is 2. The molecular formula is C19H20Cl2N2O6. The second-order valence-electron chi connectivity index (χ2n) is 6.92. The number of carbonyl (C=O) groups excluding carboxylic acids is 3. The van der Waals surface area contributed by atoms with Gasteiger partial charge in [-0.1, -0.05) is 23.2 Å². The monoisotopic (exact) mass is 442 g/mol. The van der Waals surface area contributed by atoms with Crippen LogP contribution in [0.5, 0.6) is 0 Å². The predicted molar refractivity (Wildman–Crippen MR) is 105 cm³/mol. The van der Waals surface area contributed by atoms with Crippen LogP contribution >= 0.6 is 23.2 Å². The zero-order valence-electron chi connectivity index (χ0n) is 16.1. The molecule has 2 aromatic rings. The standard InChI is InChI=1S/C19H20Cl2N2O6/c1-9(24)27-7-12-4-17(19(29-11(3)26)18(12)28-10(2)25)23-8-22-15-5-13(20)14(21)6-16(15)23/h5-6,8,12,17-19H,4,7H2,1-3H3/t12-,17-,18+,19-/m1/s1. The lowest BCUT2D eigenvalue weighted by molar-refractivity contribution is -0.168. The van der Waals surface area contributed by atoms with Crippen LogP contribution in [0.4, 0.5) is 0 Å². The van der Waals surface area contributed by atoms with Crippen LogP contribution in [0.2, 0.25) is 10.0 Å². The Morgan fingerprint density at radius 1 is 1.03 bits per heavy atom. The van der Waals surface area contributed by atoms with E-state index in [1.54, 1.807) is 18.5 Å². The van der Waals surface area contributed by atoms with Crippen molar-refractivity contribution in [1.29, 1.82) is 0 Å². The molecule has 0 unspecified atom stereocenters. The molecule has 1 aliphatic rings. The SMILES string of the molecule is CC(=O)OC[C@H]1C[C@@H](n2cnc3cc(Cl)c(Cl)cc32)[C@@H](OC(C)=O)[C@H]1OC(C)=O. The van der Waals surface area contributed by atoms with E-state index < -0.39 is 36.2 Å². The van der Waals surface area contributed by atoms with Gasteiger partial charge in [0.2, 0.25) is 0 Å². The average Bonchev–Trinajstić information content (AvgIpc) is 3.14. The molecule has 4 atom stereocenters. The van der Waals surface area contributed by atoms with Crippen LogP contribution in [-0.4, -0.2) is 46.3 Å². The van der Waals surface area contributed by atoms with E-state index in [4.69, 9.17) is 37.4 Å². The van der Waals surface area contributed by atoms with Gasteiger partial charge in [-0.25, -0.2) is 4.98 Å². The van der Waals surface area contributed by atoms with Crippen molar-refractivity contribution in [3.05, 3.63) is 28.5 Å². The molecule has 0 spiro atoms. The Morgan fingerprint density at radius 3 is 2.28 bits per heavy atom. The van der Waals surface area contributed by atoms with Crippen LogP contribution in [0.1, 0.15) is 33.2 Å². The average molecular weight is 443 g/mol. The van der Waals surface area contributed by atoms with E-state index in [2.05, 4.69) is 4.98 Å². The van der Waals surface area contributed by atoms with Crippen LogP contribution in [-0.2, 0) is 28.6 Å². The van der Waals surface area contributed by atoms with Gasteiger partial charge in [-0.05, 0) is 18.6 Å². The summed E-state index contributed by atoms with van der Waals surface area (Å²) >= 11 is 12.2. The lowest BCUT2D eigenvalue weighted by Gasteiger charge is -2.26. The number of imidazole rings is 1. The highest BCUT2D eigenvalue weighted by molar-refractivity contribution is 6.42. The Kier molecular flexibility index (Phi) is 6.33. The number of halogens is 2. The number of aromatic nitrogens is 2. The maximum Gasteiger partial charge on any atom is 0.303 e. The first-order valence-electron chi connectivity index (χ1n) is 8.96. The molecule has 1 heterocycles. The Morgan fingerprint density at radius 2 is 1.66 bits per heavy atom. The van der Waals surface area contributed by atoms with Gasteiger partial charge in [0.15, 0.2) is 6.10 Å². The summed E-state index contributed by atoms with van der Waals surface area (Å²) in [6.45, 7) is 3.88. The lowest BCUT2D eigenvalue weighted by atomic mass is 10.1. The molecular weight excluding hydrogens is 423 g/mol. The highest BCUT2D eigenvalue weighted by atomic mass is 35.5. The summed E-state index contributed by atoms with van der Waals surface area (Å²) in [5.41, 5.74) is 1.31. The molecule has 1 aromatic carbocycles. The van der Waals surface area contributed by atoms with Crippen molar-refractivity contribution in [2.24, 2.45) is 5.92 Å². The number of carbonyl (C=O) groups is 3. The molecule has 0 aliphatic heterocycles. The summed E-state index contributed by atoms with van der Waals surface area (Å²) in [6.07, 6.45) is 0.455. The molecule has 0 bridgehead atoms. The van der Waals surface area contributed by atoms with Crippen molar-refractivity contribution in [1.82, 2.24) is 9.55 Å². The van der Waals surface area contributed by atoms with Crippen LogP contribution in [0.3, 0.4) is 0 Å². The largest absolute Gasteiger partial charge is 0.465 e. The summed E-state index contributed by atoms with van der Waals surface area (Å²) in [5.74, 6) is -1.85. The van der Waals surface area contributed by atoms with Crippen LogP contribution in [0.25, 0.3) is 11.0 Å². The van der Waals surface area contributed by atoms with Crippen LogP contribution in [0, 0.1) is 5.92 Å². The molecule has 3 rings (SSSR count). The maximum atomic E-state index is 11.8. The van der Waals surface area contributed by atoms with Gasteiger partial charge >= 0.3 is 17.9 Å². The first-order valence-corrected chi connectivity index (χ1v) is 9.72. The second-order valence-corrected chi connectivity index (χ2v) is 7.74. The van der Waals surface area contributed by atoms with E-state index in [9.17, 15) is 14.4 Å². The van der Waals surface area contributed by atoms with Gasteiger partial charge in [-0.2, -0.15) is 0 Å². The highest BCUT2D eigenvalue weighted by Crippen LogP contribution is 2.41. The van der Waals surface area contributed by atoms with E-state index >= 15 is 0 Å². The van der Waals surface area contributed by atoms with Gasteiger partial charge in [0.25, 0.3) is 0 Å². The van der Waals surface area contributed by atoms with Gasteiger partial charge in [0, 0.05) is 26.7 Å². The van der Waals surface area contributed by atoms with Crippen LogP contribution in [0.15, 0.2) is 18.5 Å². The second kappa shape index (κ2) is 8.59. The minimum atomic E-state index is -0.788. The normalized spacial score (nSPS) is 23.8. The zero-order chi connectivity index (χ0) is 21.3. The highest BCUT2D eigenvalue weighted by Gasteiger charge is 2.49. The number of fused-ring (bicyclic) bond motifs is 1. The molecule has 0 N–H and O–H groups in total. The third kappa shape index (κ3) is 4.64. The van der Waals surface area contributed by atoms with E-state index in [1.165, 1.54) is 20.8 Å². The Labute approximate surface area is 177 Å². The van der Waals surface area contributed by atoms with Gasteiger partial charge < -0.3 is 18.8 Å². The number of hydrogen-bond donors (Lipinski definition) is 0. The first kappa shape index (κ1) is 21.4. The fourth-order valence-electron chi connectivity index (χ4n) is 3.70. The third-order valence-corrected chi connectivity index (χ3v) is 5.51. The third-order valence-electron chi connectivity index (χ3n) is 4.79. The number of rotatable bonds is 5. The van der Waals surface area contributed by atoms with E-state index in [-0.39, 0.29) is 12.5 Å². The summed E-state index contributed by atoms with van der Waals surface area (Å²) in [7, 11) is 0. The lowest BCUT2D eigenvalue weighted by Crippen LogP contribution is -2.38. The fourth-order valence-corrected chi connectivity index (χ4v) is 4.02. The molecule has 0 radical (unpaired) electrons. The van der Waals surface area contributed by atoms with Crippen molar-refractivity contribution in [3.8, 4) is 0 Å². The Hall–Kier alpha value is -2.32. The summed E-state index contributed by atoms with van der Waals surface area (Å²) in [4.78, 5) is 39.1. The quantitative estimate of drug-likeness (QED) is 0.517. The maximum absolute atomic E-state index is 11.8. The van der Waals surface area contributed by atoms with Crippen molar-refractivity contribution >= 4 is 52.1 Å². The van der Waals surface area contributed by atoms with Crippen molar-refractivity contribution in [3.63, 3.8) is 0 Å². The first-order chi connectivity index (χ1) is 13.7. The summed E-state index contributed by atoms with van der Waals surface area (Å²) in [5, 5.41) is 0.730. The van der Waals surface area contributed by atoms with Gasteiger partial charge in [0.1, 0.15) is 6.10 Å². The van der Waals surface area contributed by atoms with Crippen molar-refractivity contribution in [2.75, 3.05) is 6.61 Å². The molecule has 8 nitrogen and oxygen atoms in total. The van der Waals surface area contributed by atoms with E-state index in [1.807, 2.05) is 4.57 Å². The molecule has 1 aliphatic carbocycles. The van der Waals surface area contributed by atoms with E-state index in [0.717, 1.165) is 0 Å². The Balaban J connectivity index is 2.03. The minimum absolute atomic E-state index is 0.0285. The van der Waals surface area contributed by atoms with E-state index in [0.29, 0.717) is 27.5 Å². The molecule has 0 saturated heterocycles. The molecule has 156 valence electrons. The minimum Gasteiger partial charge on any atom is -0.465 e. The number of ether oxygens (including phenoxy) is 3. The molecule has 10 heteroatoms. The molecule has 29 heavy (non-hydrogen) atoms. The van der Waals surface area contributed by atoms with Crippen molar-refractivity contribution < 1.29 is 28.6 Å². The van der Waals surface area contributed by atoms with Crippen molar-refractivity contribution in [2.45, 2.75) is 45.4 Å². The molecule has 1 saturated carbocycles. The molecule has 1 fully saturated rings. The number of benzene rings is 1.